The maximum Gasteiger partial charge on any atom is 0.236 e. The second-order valence-corrected chi connectivity index (χ2v) is 7.76. The minimum Gasteiger partial charge on any atom is -0.444 e. The van der Waals surface area contributed by atoms with E-state index < -0.39 is 15.7 Å². The third-order valence-electron chi connectivity index (χ3n) is 2.98. The Labute approximate surface area is 131 Å². The second kappa shape index (κ2) is 6.02. The van der Waals surface area contributed by atoms with Gasteiger partial charge in [-0.2, -0.15) is 0 Å². The molecule has 0 radical (unpaired) electrons. The molecule has 3 aromatic rings. The van der Waals surface area contributed by atoms with Crippen LogP contribution in [0.4, 0.5) is 4.39 Å². The van der Waals surface area contributed by atoms with Gasteiger partial charge >= 0.3 is 0 Å². The van der Waals surface area contributed by atoms with Crippen LogP contribution < -0.4 is 0 Å². The lowest BCUT2D eigenvalue weighted by molar-refractivity contribution is 0.572. The van der Waals surface area contributed by atoms with Crippen molar-refractivity contribution in [3.8, 4) is 10.8 Å². The molecule has 0 spiro atoms. The molecule has 22 heavy (non-hydrogen) atoms. The molecular formula is C15H12FNO3S2. The van der Waals surface area contributed by atoms with Gasteiger partial charge in [-0.3, -0.25) is 0 Å². The van der Waals surface area contributed by atoms with Crippen LogP contribution in [0.25, 0.3) is 10.8 Å². The Balaban J connectivity index is 1.76. The van der Waals surface area contributed by atoms with Gasteiger partial charge in [0.05, 0.1) is 22.1 Å². The predicted molar refractivity (Wildman–Crippen MR) is 82.5 cm³/mol. The molecule has 0 unspecified atom stereocenters. The molecule has 7 heteroatoms. The van der Waals surface area contributed by atoms with Crippen LogP contribution in [0.5, 0.6) is 0 Å². The quantitative estimate of drug-likeness (QED) is 0.713. The first-order chi connectivity index (χ1) is 10.5. The van der Waals surface area contributed by atoms with E-state index in [1.165, 1.54) is 35.8 Å². The fourth-order valence-electron chi connectivity index (χ4n) is 2.02. The van der Waals surface area contributed by atoms with E-state index in [1.807, 2.05) is 17.5 Å². The smallest absolute Gasteiger partial charge is 0.236 e. The molecule has 0 atom stereocenters. The predicted octanol–water partition coefficient (Wildman–Crippen LogP) is 3.66. The summed E-state index contributed by atoms with van der Waals surface area (Å²) in [5.74, 6) is -0.770. The number of benzene rings is 1. The van der Waals surface area contributed by atoms with E-state index in [-0.39, 0.29) is 17.1 Å². The van der Waals surface area contributed by atoms with Gasteiger partial charge in [-0.15, -0.1) is 11.3 Å². The Morgan fingerprint density at radius 3 is 2.68 bits per heavy atom. The third kappa shape index (κ3) is 3.42. The zero-order valence-corrected chi connectivity index (χ0v) is 13.0. The first kappa shape index (κ1) is 14.9. The standard InChI is InChI=1S/C15H12FNO3S2/c16-13-5-2-1-4-11(13)9-22(18,19)10-12-8-20-15(17-12)14-6-3-7-21-14/h1-8H,9-10H2. The number of aromatic nitrogens is 1. The first-order valence-corrected chi connectivity index (χ1v) is 9.16. The maximum atomic E-state index is 13.6. The van der Waals surface area contributed by atoms with Crippen LogP contribution in [-0.2, 0) is 21.3 Å². The highest BCUT2D eigenvalue weighted by Crippen LogP contribution is 2.24. The van der Waals surface area contributed by atoms with Crippen LogP contribution in [0.3, 0.4) is 0 Å². The number of hydrogen-bond donors (Lipinski definition) is 0. The number of hydrogen-bond acceptors (Lipinski definition) is 5. The summed E-state index contributed by atoms with van der Waals surface area (Å²) in [7, 11) is -3.52. The number of rotatable bonds is 5. The van der Waals surface area contributed by atoms with Gasteiger partial charge in [0.25, 0.3) is 0 Å². The highest BCUT2D eigenvalue weighted by Gasteiger charge is 2.18. The molecule has 0 N–H and O–H groups in total. The van der Waals surface area contributed by atoms with Gasteiger partial charge in [-0.1, -0.05) is 24.3 Å². The van der Waals surface area contributed by atoms with E-state index in [4.69, 9.17) is 4.42 Å². The van der Waals surface area contributed by atoms with Crippen molar-refractivity contribution >= 4 is 21.2 Å². The van der Waals surface area contributed by atoms with Gasteiger partial charge in [-0.05, 0) is 17.5 Å². The Morgan fingerprint density at radius 1 is 1.14 bits per heavy atom. The molecule has 2 aromatic heterocycles. The largest absolute Gasteiger partial charge is 0.444 e. The molecule has 0 amide bonds. The Morgan fingerprint density at radius 2 is 1.95 bits per heavy atom. The lowest BCUT2D eigenvalue weighted by atomic mass is 10.2. The van der Waals surface area contributed by atoms with E-state index in [1.54, 1.807) is 6.07 Å². The maximum absolute atomic E-state index is 13.6. The van der Waals surface area contributed by atoms with E-state index in [0.717, 1.165) is 4.88 Å². The molecule has 0 aliphatic rings. The molecule has 0 bridgehead atoms. The molecule has 0 aliphatic carbocycles. The highest BCUT2D eigenvalue weighted by molar-refractivity contribution is 7.89. The van der Waals surface area contributed by atoms with Crippen molar-refractivity contribution in [1.29, 1.82) is 0 Å². The lowest BCUT2D eigenvalue weighted by Gasteiger charge is -2.03. The van der Waals surface area contributed by atoms with Crippen molar-refractivity contribution < 1.29 is 17.2 Å². The van der Waals surface area contributed by atoms with E-state index in [0.29, 0.717) is 11.6 Å². The second-order valence-electron chi connectivity index (χ2n) is 4.74. The molecule has 0 saturated heterocycles. The number of thiophene rings is 1. The minimum atomic E-state index is -3.52. The molecule has 4 nitrogen and oxygen atoms in total. The van der Waals surface area contributed by atoms with Crippen molar-refractivity contribution in [2.45, 2.75) is 11.5 Å². The molecule has 1 aromatic carbocycles. The molecule has 0 fully saturated rings. The van der Waals surface area contributed by atoms with E-state index >= 15 is 0 Å². The highest BCUT2D eigenvalue weighted by atomic mass is 32.2. The van der Waals surface area contributed by atoms with Crippen molar-refractivity contribution in [2.75, 3.05) is 0 Å². The monoisotopic (exact) mass is 337 g/mol. The van der Waals surface area contributed by atoms with Gasteiger partial charge in [0.15, 0.2) is 9.84 Å². The van der Waals surface area contributed by atoms with Crippen LogP contribution >= 0.6 is 11.3 Å². The SMILES string of the molecule is O=S(=O)(Cc1coc(-c2cccs2)n1)Cc1ccccc1F. The summed E-state index contributed by atoms with van der Waals surface area (Å²) >= 11 is 1.46. The lowest BCUT2D eigenvalue weighted by Crippen LogP contribution is -2.09. The summed E-state index contributed by atoms with van der Waals surface area (Å²) in [5, 5.41) is 1.88. The minimum absolute atomic E-state index is 0.157. The van der Waals surface area contributed by atoms with Gasteiger partial charge in [0.2, 0.25) is 5.89 Å². The van der Waals surface area contributed by atoms with Crippen molar-refractivity contribution in [2.24, 2.45) is 0 Å². The van der Waals surface area contributed by atoms with Crippen molar-refractivity contribution in [3.05, 3.63) is 65.1 Å². The molecule has 2 heterocycles. The van der Waals surface area contributed by atoms with Crippen LogP contribution in [0, 0.1) is 5.82 Å². The van der Waals surface area contributed by atoms with Crippen LogP contribution in [0.2, 0.25) is 0 Å². The number of sulfone groups is 1. The number of nitrogens with zero attached hydrogens (tertiary/aromatic N) is 1. The molecule has 114 valence electrons. The zero-order chi connectivity index (χ0) is 15.6. The number of halogens is 1. The summed E-state index contributed by atoms with van der Waals surface area (Å²) < 4.78 is 43.2. The van der Waals surface area contributed by atoms with E-state index in [2.05, 4.69) is 4.98 Å². The van der Waals surface area contributed by atoms with Crippen molar-refractivity contribution in [3.63, 3.8) is 0 Å². The third-order valence-corrected chi connectivity index (χ3v) is 5.33. The fourth-order valence-corrected chi connectivity index (χ4v) is 4.06. The first-order valence-electron chi connectivity index (χ1n) is 6.46. The summed E-state index contributed by atoms with van der Waals surface area (Å²) in [6, 6.07) is 9.55. The summed E-state index contributed by atoms with van der Waals surface area (Å²) in [6.07, 6.45) is 1.33. The van der Waals surface area contributed by atoms with Gasteiger partial charge in [0.1, 0.15) is 12.1 Å². The normalized spacial score (nSPS) is 11.7. The van der Waals surface area contributed by atoms with E-state index in [9.17, 15) is 12.8 Å². The number of oxazole rings is 1. The van der Waals surface area contributed by atoms with Gasteiger partial charge < -0.3 is 4.42 Å². The molecular weight excluding hydrogens is 325 g/mol. The van der Waals surface area contributed by atoms with Gasteiger partial charge in [0, 0.05) is 5.56 Å². The Bertz CT molecular complexity index is 870. The average molecular weight is 337 g/mol. The summed E-state index contributed by atoms with van der Waals surface area (Å²) in [6.45, 7) is 0. The molecule has 0 aliphatic heterocycles. The summed E-state index contributed by atoms with van der Waals surface area (Å²) in [4.78, 5) is 5.00. The van der Waals surface area contributed by atoms with Crippen molar-refractivity contribution in [1.82, 2.24) is 4.98 Å². The average Bonchev–Trinajstić information content (AvgIpc) is 3.11. The van der Waals surface area contributed by atoms with Crippen LogP contribution in [0.1, 0.15) is 11.3 Å². The topological polar surface area (TPSA) is 60.2 Å². The summed E-state index contributed by atoms with van der Waals surface area (Å²) in [5.41, 5.74) is 0.476. The van der Waals surface area contributed by atoms with Crippen LogP contribution in [0.15, 0.2) is 52.5 Å². The zero-order valence-electron chi connectivity index (χ0n) is 11.4. The Kier molecular flexibility index (Phi) is 4.08. The Hall–Kier alpha value is -1.99. The van der Waals surface area contributed by atoms with Gasteiger partial charge in [-0.25, -0.2) is 17.8 Å². The molecule has 3 rings (SSSR count). The molecule has 0 saturated carbocycles. The van der Waals surface area contributed by atoms with Crippen LogP contribution in [-0.4, -0.2) is 13.4 Å². The fraction of sp³-hybridized carbons (Fsp3) is 0.133.